The molecule has 1 aromatic rings. The molecule has 3 nitrogen and oxygen atoms in total. The van der Waals surface area contributed by atoms with Gasteiger partial charge in [-0.05, 0) is 0 Å². The highest BCUT2D eigenvalue weighted by molar-refractivity contribution is 6.32. The van der Waals surface area contributed by atoms with Gasteiger partial charge in [0.1, 0.15) is 0 Å². The Morgan fingerprint density at radius 2 is 2.20 bits per heavy atom. The summed E-state index contributed by atoms with van der Waals surface area (Å²) < 4.78 is 0.581. The summed E-state index contributed by atoms with van der Waals surface area (Å²) in [5.74, 6) is 0. The molecule has 1 heterocycles. The number of rotatable bonds is 0. The van der Waals surface area contributed by atoms with Crippen LogP contribution in [0.5, 0.6) is 0 Å². The van der Waals surface area contributed by atoms with Crippen molar-refractivity contribution < 1.29 is 4.73 Å². The quantitative estimate of drug-likeness (QED) is 0.445. The third kappa shape index (κ3) is 1.30. The molecule has 0 N–H and O–H groups in total. The van der Waals surface area contributed by atoms with Crippen molar-refractivity contribution in [3.05, 3.63) is 27.4 Å². The fourth-order valence-electron chi connectivity index (χ4n) is 0.488. The molecule has 0 spiro atoms. The molecule has 0 aliphatic carbocycles. The van der Waals surface area contributed by atoms with E-state index in [-0.39, 0.29) is 10.3 Å². The third-order valence-electron chi connectivity index (χ3n) is 1.06. The molecule has 0 bridgehead atoms. The summed E-state index contributed by atoms with van der Waals surface area (Å²) >= 11 is 10.9. The molecule has 0 fully saturated rings. The summed E-state index contributed by atoms with van der Waals surface area (Å²) in [6, 6.07) is 0. The van der Waals surface area contributed by atoms with Gasteiger partial charge in [-0.25, -0.2) is 4.98 Å². The van der Waals surface area contributed by atoms with Gasteiger partial charge < -0.3 is 5.21 Å². The highest BCUT2D eigenvalue weighted by Gasteiger charge is 2.07. The smallest absolute Gasteiger partial charge is 0.227 e. The maximum absolute atomic E-state index is 10.8. The Kier molecular flexibility index (Phi) is 1.97. The molecule has 10 heavy (non-hydrogen) atoms. The number of aromatic nitrogens is 2. The lowest BCUT2D eigenvalue weighted by Crippen LogP contribution is -2.30. The fourth-order valence-corrected chi connectivity index (χ4v) is 0.879. The first-order valence-electron chi connectivity index (χ1n) is 2.53. The van der Waals surface area contributed by atoms with Crippen LogP contribution in [0.1, 0.15) is 5.69 Å². The van der Waals surface area contributed by atoms with Crippen molar-refractivity contribution >= 4 is 23.2 Å². The highest BCUT2D eigenvalue weighted by atomic mass is 35.5. The zero-order valence-electron chi connectivity index (χ0n) is 5.14. The fraction of sp³-hybridized carbons (Fsp3) is 0.200. The Bertz CT molecular complexity index is 241. The zero-order chi connectivity index (χ0) is 7.72. The van der Waals surface area contributed by atoms with E-state index >= 15 is 0 Å². The Balaban J connectivity index is 3.31. The van der Waals surface area contributed by atoms with E-state index in [0.29, 0.717) is 10.4 Å². The second kappa shape index (κ2) is 2.60. The van der Waals surface area contributed by atoms with Crippen LogP contribution in [-0.2, 0) is 0 Å². The molecule has 0 radical (unpaired) electrons. The molecular formula is C5H4Cl2N2O. The molecule has 0 unspecified atom stereocenters. The van der Waals surface area contributed by atoms with E-state index in [2.05, 4.69) is 4.98 Å². The third-order valence-corrected chi connectivity index (χ3v) is 1.60. The van der Waals surface area contributed by atoms with Crippen LogP contribution in [0, 0.1) is 12.1 Å². The molecule has 54 valence electrons. The van der Waals surface area contributed by atoms with Crippen molar-refractivity contribution in [3.8, 4) is 0 Å². The summed E-state index contributed by atoms with van der Waals surface area (Å²) in [7, 11) is 0. The van der Waals surface area contributed by atoms with Gasteiger partial charge in [0, 0.05) is 6.92 Å². The van der Waals surface area contributed by atoms with E-state index in [0.717, 1.165) is 6.20 Å². The molecule has 0 atom stereocenters. The van der Waals surface area contributed by atoms with Gasteiger partial charge in [-0.1, -0.05) is 23.2 Å². The minimum Gasteiger partial charge on any atom is -0.618 e. The average molecular weight is 179 g/mol. The van der Waals surface area contributed by atoms with Crippen LogP contribution in [-0.4, -0.2) is 4.98 Å². The van der Waals surface area contributed by atoms with E-state index in [4.69, 9.17) is 23.2 Å². The lowest BCUT2D eigenvalue weighted by Gasteiger charge is -1.99. The van der Waals surface area contributed by atoms with Crippen molar-refractivity contribution in [1.82, 2.24) is 4.98 Å². The maximum atomic E-state index is 10.8. The standard InChI is InChI=1S/C5H4Cl2N2O/c1-3-5(7)8-4(6)2-9(3)10/h2H,1H3. The zero-order valence-corrected chi connectivity index (χ0v) is 6.65. The predicted octanol–water partition coefficient (Wildman–Crippen LogP) is 1.33. The lowest BCUT2D eigenvalue weighted by molar-refractivity contribution is -0.612. The van der Waals surface area contributed by atoms with Crippen molar-refractivity contribution in [2.24, 2.45) is 0 Å². The summed E-state index contributed by atoms with van der Waals surface area (Å²) in [6.07, 6.45) is 1.16. The minimum atomic E-state index is 0.102. The molecule has 1 rings (SSSR count). The van der Waals surface area contributed by atoms with Crippen LogP contribution in [0.3, 0.4) is 0 Å². The second-order valence-corrected chi connectivity index (χ2v) is 2.51. The van der Waals surface area contributed by atoms with Crippen molar-refractivity contribution in [2.75, 3.05) is 0 Å². The van der Waals surface area contributed by atoms with E-state index in [1.165, 1.54) is 0 Å². The maximum Gasteiger partial charge on any atom is 0.227 e. The van der Waals surface area contributed by atoms with Crippen LogP contribution in [0.2, 0.25) is 10.3 Å². The number of hydrogen-bond acceptors (Lipinski definition) is 2. The first-order chi connectivity index (χ1) is 4.61. The summed E-state index contributed by atoms with van der Waals surface area (Å²) in [6.45, 7) is 1.57. The molecule has 0 aliphatic heterocycles. The second-order valence-electron chi connectivity index (χ2n) is 1.77. The van der Waals surface area contributed by atoms with Crippen molar-refractivity contribution in [3.63, 3.8) is 0 Å². The minimum absolute atomic E-state index is 0.102. The largest absolute Gasteiger partial charge is 0.618 e. The summed E-state index contributed by atoms with van der Waals surface area (Å²) in [5, 5.41) is 11.0. The lowest BCUT2D eigenvalue weighted by atomic mass is 10.5. The number of nitrogens with zero attached hydrogens (tertiary/aromatic N) is 2. The molecule has 0 amide bonds. The Morgan fingerprint density at radius 3 is 2.70 bits per heavy atom. The number of hydrogen-bond donors (Lipinski definition) is 0. The monoisotopic (exact) mass is 178 g/mol. The molecule has 0 saturated heterocycles. The Labute approximate surface area is 67.8 Å². The van der Waals surface area contributed by atoms with Gasteiger partial charge in [0.25, 0.3) is 0 Å². The van der Waals surface area contributed by atoms with E-state index < -0.39 is 0 Å². The van der Waals surface area contributed by atoms with E-state index in [9.17, 15) is 5.21 Å². The van der Waals surface area contributed by atoms with Crippen molar-refractivity contribution in [1.29, 1.82) is 0 Å². The topological polar surface area (TPSA) is 39.8 Å². The average Bonchev–Trinajstić information content (AvgIpc) is 1.82. The van der Waals surface area contributed by atoms with Gasteiger partial charge in [0.05, 0.1) is 0 Å². The molecular weight excluding hydrogens is 175 g/mol. The molecule has 0 saturated carbocycles. The predicted molar refractivity (Wildman–Crippen MR) is 38.0 cm³/mol. The van der Waals surface area contributed by atoms with Gasteiger partial charge >= 0.3 is 0 Å². The summed E-state index contributed by atoms with van der Waals surface area (Å²) in [5.41, 5.74) is 0.353. The van der Waals surface area contributed by atoms with Gasteiger partial charge in [0.2, 0.25) is 11.9 Å². The molecule has 0 aliphatic rings. The highest BCUT2D eigenvalue weighted by Crippen LogP contribution is 2.10. The molecule has 0 aromatic carbocycles. The molecule has 5 heteroatoms. The normalized spacial score (nSPS) is 9.90. The van der Waals surface area contributed by atoms with Crippen molar-refractivity contribution in [2.45, 2.75) is 6.92 Å². The summed E-state index contributed by atoms with van der Waals surface area (Å²) in [4.78, 5) is 3.64. The van der Waals surface area contributed by atoms with Crippen LogP contribution in [0.25, 0.3) is 0 Å². The van der Waals surface area contributed by atoms with Crippen LogP contribution in [0.4, 0.5) is 0 Å². The van der Waals surface area contributed by atoms with Crippen LogP contribution < -0.4 is 4.73 Å². The molecule has 1 aromatic heterocycles. The van der Waals surface area contributed by atoms with Gasteiger partial charge in [0.15, 0.2) is 10.3 Å². The Hall–Kier alpha value is -0.540. The first-order valence-corrected chi connectivity index (χ1v) is 3.28. The van der Waals surface area contributed by atoms with E-state index in [1.54, 1.807) is 6.92 Å². The van der Waals surface area contributed by atoms with Gasteiger partial charge in [-0.15, -0.1) is 0 Å². The van der Waals surface area contributed by atoms with E-state index in [1.807, 2.05) is 0 Å². The first kappa shape index (κ1) is 7.57. The Morgan fingerprint density at radius 1 is 1.60 bits per heavy atom. The van der Waals surface area contributed by atoms with Gasteiger partial charge in [-0.3, -0.25) is 0 Å². The SMILES string of the molecule is Cc1c(Cl)nc(Cl)c[n+]1[O-]. The van der Waals surface area contributed by atoms with Gasteiger partial charge in [-0.2, -0.15) is 4.73 Å². The van der Waals surface area contributed by atoms with Crippen LogP contribution >= 0.6 is 23.2 Å². The van der Waals surface area contributed by atoms with Crippen LogP contribution in [0.15, 0.2) is 6.20 Å². The number of halogens is 2.